The highest BCUT2D eigenvalue weighted by molar-refractivity contribution is 5.90. The van der Waals surface area contributed by atoms with E-state index < -0.39 is 35.9 Å². The second-order valence-electron chi connectivity index (χ2n) is 6.52. The van der Waals surface area contributed by atoms with Gasteiger partial charge in [0.05, 0.1) is 18.6 Å². The highest BCUT2D eigenvalue weighted by atomic mass is 16.4. The van der Waals surface area contributed by atoms with Gasteiger partial charge in [-0.25, -0.2) is 0 Å². The number of carboxylic acids is 1. The van der Waals surface area contributed by atoms with Crippen LogP contribution in [0.4, 0.5) is 0 Å². The molecule has 0 radical (unpaired) electrons. The van der Waals surface area contributed by atoms with Crippen LogP contribution in [-0.4, -0.2) is 48.4 Å². The van der Waals surface area contributed by atoms with E-state index in [0.29, 0.717) is 19.4 Å². The van der Waals surface area contributed by atoms with Crippen molar-refractivity contribution in [3.63, 3.8) is 0 Å². The van der Waals surface area contributed by atoms with Gasteiger partial charge in [0.25, 0.3) is 5.91 Å². The number of carbonyl (C=O) groups excluding carboxylic acids is 3. The first-order chi connectivity index (χ1) is 13.2. The number of hydrogen-bond donors (Lipinski definition) is 6. The van der Waals surface area contributed by atoms with Gasteiger partial charge in [0.15, 0.2) is 6.04 Å². The molecule has 0 saturated carbocycles. The summed E-state index contributed by atoms with van der Waals surface area (Å²) in [6.45, 7) is 1.83. The predicted molar refractivity (Wildman–Crippen MR) is 99.8 cm³/mol. The first-order valence-electron chi connectivity index (χ1n) is 9.01. The van der Waals surface area contributed by atoms with Crippen LogP contribution in [0.5, 0.6) is 0 Å². The molecule has 28 heavy (non-hydrogen) atoms. The van der Waals surface area contributed by atoms with E-state index in [9.17, 15) is 19.5 Å². The molecule has 0 saturated heterocycles. The number of carboxylic acid groups (broad SMARTS) is 1. The lowest BCUT2D eigenvalue weighted by Gasteiger charge is -2.22. The fourth-order valence-electron chi connectivity index (χ4n) is 2.47. The van der Waals surface area contributed by atoms with E-state index in [1.54, 1.807) is 0 Å². The van der Waals surface area contributed by atoms with Gasteiger partial charge in [0.1, 0.15) is 6.04 Å². The standard InChI is InChI=1S/C18H28N6O4/c1-11(23-16(26)13(19)10-12-6-3-2-4-7-12)15(25)24-14(17(27)28)8-5-9-22-18(20)21/h2-4,6-7,11,13-14H,5,8-10,19H2,1H3,(H,23,26)(H,24,25)(H,27,28)(H4,20,21,22)/p+1/t11-,13-,14-/m1/s1. The lowest BCUT2D eigenvalue weighted by molar-refractivity contribution is -0.459. The predicted octanol–water partition coefficient (Wildman–Crippen LogP) is -5.29. The number of quaternary nitrogens is 1. The molecule has 10 N–H and O–H groups in total. The van der Waals surface area contributed by atoms with Gasteiger partial charge in [-0.05, 0) is 25.3 Å². The van der Waals surface area contributed by atoms with Crippen LogP contribution in [-0.2, 0) is 20.8 Å². The van der Waals surface area contributed by atoms with Crippen molar-refractivity contribution in [2.75, 3.05) is 6.54 Å². The van der Waals surface area contributed by atoms with Gasteiger partial charge in [0, 0.05) is 6.42 Å². The molecule has 0 aliphatic rings. The van der Waals surface area contributed by atoms with E-state index in [1.165, 1.54) is 6.92 Å². The Kier molecular flexibility index (Phi) is 9.44. The highest BCUT2D eigenvalue weighted by Crippen LogP contribution is 2.01. The summed E-state index contributed by atoms with van der Waals surface area (Å²) in [5.41, 5.74) is 15.3. The minimum atomic E-state index is -1.41. The summed E-state index contributed by atoms with van der Waals surface area (Å²) in [7, 11) is 0. The number of hydrogen-bond acceptors (Lipinski definition) is 4. The van der Waals surface area contributed by atoms with E-state index in [1.807, 2.05) is 30.3 Å². The molecule has 0 aromatic heterocycles. The monoisotopic (exact) mass is 393 g/mol. The fraction of sp³-hybridized carbons (Fsp3) is 0.444. The molecule has 10 nitrogen and oxygen atoms in total. The maximum absolute atomic E-state index is 12.2. The van der Waals surface area contributed by atoms with Crippen LogP contribution in [0.1, 0.15) is 25.3 Å². The normalized spacial score (nSPS) is 13.6. The molecule has 0 spiro atoms. The first-order valence-corrected chi connectivity index (χ1v) is 9.01. The van der Waals surface area contributed by atoms with E-state index in [2.05, 4.69) is 21.4 Å². The maximum Gasteiger partial charge on any atom is 0.338 e. The summed E-state index contributed by atoms with van der Waals surface area (Å²) < 4.78 is 0. The molecule has 0 aliphatic heterocycles. The topological polar surface area (TPSA) is 192 Å². The van der Waals surface area contributed by atoms with Crippen LogP contribution in [0.15, 0.2) is 30.3 Å². The van der Waals surface area contributed by atoms with Gasteiger partial charge in [-0.1, -0.05) is 30.3 Å². The third-order valence-corrected chi connectivity index (χ3v) is 4.05. The molecular formula is C18H29N6O4+. The zero-order valence-electron chi connectivity index (χ0n) is 15.9. The Morgan fingerprint density at radius 2 is 1.79 bits per heavy atom. The fourth-order valence-corrected chi connectivity index (χ4v) is 2.47. The van der Waals surface area contributed by atoms with Crippen molar-refractivity contribution in [1.82, 2.24) is 10.6 Å². The number of rotatable bonds is 11. The molecule has 0 unspecified atom stereocenters. The SMILES string of the molecule is C[C@@H](NC(=O)[C@H]([NH3+])Cc1ccccc1)C(=O)N[C@H](CCC[NH+]=C(N)N)C(=O)[O-]. The largest absolute Gasteiger partial charge is 0.548 e. The molecule has 0 aliphatic carbocycles. The van der Waals surface area contributed by atoms with Crippen molar-refractivity contribution in [1.29, 1.82) is 0 Å². The van der Waals surface area contributed by atoms with Gasteiger partial charge >= 0.3 is 5.96 Å². The van der Waals surface area contributed by atoms with Crippen molar-refractivity contribution in [2.45, 2.75) is 44.3 Å². The lowest BCUT2D eigenvalue weighted by Crippen LogP contribution is -2.78. The summed E-state index contributed by atoms with van der Waals surface area (Å²) >= 11 is 0. The van der Waals surface area contributed by atoms with Crippen molar-refractivity contribution < 1.29 is 30.2 Å². The van der Waals surface area contributed by atoms with Crippen molar-refractivity contribution in [3.8, 4) is 0 Å². The molecule has 0 fully saturated rings. The summed E-state index contributed by atoms with van der Waals surface area (Å²) in [4.78, 5) is 38.3. The van der Waals surface area contributed by atoms with Crippen LogP contribution in [0.2, 0.25) is 0 Å². The molecule has 0 heterocycles. The molecule has 2 amide bonds. The van der Waals surface area contributed by atoms with Crippen LogP contribution in [0.25, 0.3) is 0 Å². The Hall–Kier alpha value is -3.14. The van der Waals surface area contributed by atoms with Gasteiger partial charge in [-0.3, -0.25) is 26.0 Å². The Morgan fingerprint density at radius 3 is 2.36 bits per heavy atom. The van der Waals surface area contributed by atoms with Gasteiger partial charge < -0.3 is 26.3 Å². The van der Waals surface area contributed by atoms with Crippen molar-refractivity contribution >= 4 is 23.7 Å². The van der Waals surface area contributed by atoms with E-state index in [-0.39, 0.29) is 12.4 Å². The molecule has 10 heteroatoms. The van der Waals surface area contributed by atoms with E-state index >= 15 is 0 Å². The van der Waals surface area contributed by atoms with Gasteiger partial charge in [0.2, 0.25) is 5.91 Å². The number of amides is 2. The zero-order valence-corrected chi connectivity index (χ0v) is 15.9. The summed E-state index contributed by atoms with van der Waals surface area (Å²) in [6, 6.07) is 6.69. The molecule has 154 valence electrons. The zero-order chi connectivity index (χ0) is 21.1. The number of aliphatic carboxylic acids is 1. The third kappa shape index (κ3) is 8.49. The number of benzene rings is 1. The Balaban J connectivity index is 2.51. The number of carbonyl (C=O) groups is 3. The summed E-state index contributed by atoms with van der Waals surface area (Å²) in [5.74, 6) is -2.39. The molecule has 1 aromatic carbocycles. The highest BCUT2D eigenvalue weighted by Gasteiger charge is 2.24. The number of guanidine groups is 1. The van der Waals surface area contributed by atoms with Crippen molar-refractivity contribution in [2.24, 2.45) is 11.5 Å². The smallest absolute Gasteiger partial charge is 0.338 e. The third-order valence-electron chi connectivity index (χ3n) is 4.05. The second kappa shape index (κ2) is 11.5. The average molecular weight is 393 g/mol. The average Bonchev–Trinajstić information content (AvgIpc) is 2.64. The molecule has 1 rings (SSSR count). The van der Waals surface area contributed by atoms with E-state index in [0.717, 1.165) is 5.56 Å². The summed E-state index contributed by atoms with van der Waals surface area (Å²) in [6.07, 6.45) is 0.952. The number of nitrogens with one attached hydrogen (secondary N) is 3. The molecule has 3 atom stereocenters. The second-order valence-corrected chi connectivity index (χ2v) is 6.52. The lowest BCUT2D eigenvalue weighted by atomic mass is 10.1. The Bertz CT molecular complexity index is 691. The maximum atomic E-state index is 12.2. The van der Waals surface area contributed by atoms with Crippen LogP contribution in [0, 0.1) is 0 Å². The molecular weight excluding hydrogens is 364 g/mol. The van der Waals surface area contributed by atoms with Gasteiger partial charge in [-0.2, -0.15) is 0 Å². The van der Waals surface area contributed by atoms with E-state index in [4.69, 9.17) is 11.5 Å². The first kappa shape index (κ1) is 22.9. The summed E-state index contributed by atoms with van der Waals surface area (Å²) in [5, 5.41) is 16.1. The van der Waals surface area contributed by atoms with Crippen LogP contribution >= 0.6 is 0 Å². The number of nitrogens with two attached hydrogens (primary N) is 2. The van der Waals surface area contributed by atoms with Crippen LogP contribution in [0.3, 0.4) is 0 Å². The Labute approximate surface area is 163 Å². The molecule has 1 aromatic rings. The van der Waals surface area contributed by atoms with Gasteiger partial charge in [-0.15, -0.1) is 0 Å². The molecule has 0 bridgehead atoms. The minimum Gasteiger partial charge on any atom is -0.548 e. The Morgan fingerprint density at radius 1 is 1.14 bits per heavy atom. The van der Waals surface area contributed by atoms with Crippen molar-refractivity contribution in [3.05, 3.63) is 35.9 Å². The minimum absolute atomic E-state index is 0.0311. The quantitative estimate of drug-likeness (QED) is 0.123. The van der Waals surface area contributed by atoms with Crippen LogP contribution < -0.4 is 37.9 Å².